The van der Waals surface area contributed by atoms with E-state index in [1.807, 2.05) is 46.2 Å². The molecular weight excluding hydrogens is 494 g/mol. The van der Waals surface area contributed by atoms with Gasteiger partial charge in [0.05, 0.1) is 21.3 Å². The summed E-state index contributed by atoms with van der Waals surface area (Å²) in [6.45, 7) is 6.93. The molecule has 0 bridgehead atoms. The maximum absolute atomic E-state index is 13.1. The molecule has 0 N–H and O–H groups in total. The molecule has 0 saturated carbocycles. The van der Waals surface area contributed by atoms with E-state index >= 15 is 0 Å². The van der Waals surface area contributed by atoms with Crippen LogP contribution in [0.1, 0.15) is 48.5 Å². The van der Waals surface area contributed by atoms with Crippen molar-refractivity contribution in [2.24, 2.45) is 0 Å². The largest absolute Gasteiger partial charge is 0.497 e. The number of carbonyl (C=O) groups is 2. The fourth-order valence-electron chi connectivity index (χ4n) is 4.66. The van der Waals surface area contributed by atoms with Gasteiger partial charge >= 0.3 is 0 Å². The number of benzene rings is 2. The van der Waals surface area contributed by atoms with E-state index in [4.69, 9.17) is 14.2 Å². The van der Waals surface area contributed by atoms with E-state index in [1.165, 1.54) is 0 Å². The quantitative estimate of drug-likeness (QED) is 0.328. The lowest BCUT2D eigenvalue weighted by Crippen LogP contribution is -2.50. The number of nitrogens with zero attached hydrogens (tertiary/aromatic N) is 3. The van der Waals surface area contributed by atoms with Gasteiger partial charge in [0.15, 0.2) is 0 Å². The average Bonchev–Trinajstić information content (AvgIpc) is 2.98. The number of hydrogen-bond acceptors (Lipinski definition) is 6. The number of methoxy groups -OCH3 is 3. The lowest BCUT2D eigenvalue weighted by molar-refractivity contribution is -0.131. The molecule has 1 saturated heterocycles. The number of piperazine rings is 1. The van der Waals surface area contributed by atoms with Gasteiger partial charge in [0.1, 0.15) is 17.2 Å². The highest BCUT2D eigenvalue weighted by Crippen LogP contribution is 2.24. The van der Waals surface area contributed by atoms with Crippen LogP contribution in [-0.2, 0) is 4.79 Å². The summed E-state index contributed by atoms with van der Waals surface area (Å²) in [5.41, 5.74) is 1.55. The summed E-state index contributed by atoms with van der Waals surface area (Å²) in [4.78, 5) is 32.3. The van der Waals surface area contributed by atoms with Crippen molar-refractivity contribution in [2.45, 2.75) is 32.6 Å². The zero-order valence-corrected chi connectivity index (χ0v) is 23.9. The molecule has 8 nitrogen and oxygen atoms in total. The third kappa shape index (κ3) is 9.03. The highest BCUT2D eigenvalue weighted by atomic mass is 16.5. The standard InChI is InChI=1S/C31H43N3O5/c1-5-6-7-14-30(35)33(15-10-12-25-11-8-9-13-29(25)39-4)19-16-32-17-20-34(21-18-32)31(36)26-22-27(37-2)24-28(23-26)38-3/h8-13,22-24H,5-7,14-21H2,1-4H3/b12-10+. The van der Waals surface area contributed by atoms with Gasteiger partial charge in [-0.1, -0.05) is 50.1 Å². The second kappa shape index (κ2) is 15.8. The van der Waals surface area contributed by atoms with E-state index in [-0.39, 0.29) is 11.8 Å². The summed E-state index contributed by atoms with van der Waals surface area (Å²) in [5, 5.41) is 0. The normalized spacial score (nSPS) is 13.9. The molecule has 1 heterocycles. The number of rotatable bonds is 14. The minimum Gasteiger partial charge on any atom is -0.497 e. The molecule has 2 aromatic rings. The molecule has 0 unspecified atom stereocenters. The molecule has 1 fully saturated rings. The van der Waals surface area contributed by atoms with E-state index in [2.05, 4.69) is 11.8 Å². The van der Waals surface area contributed by atoms with Crippen molar-refractivity contribution in [1.82, 2.24) is 14.7 Å². The van der Waals surface area contributed by atoms with E-state index in [9.17, 15) is 9.59 Å². The topological polar surface area (TPSA) is 71.6 Å². The van der Waals surface area contributed by atoms with Gasteiger partial charge < -0.3 is 24.0 Å². The number of carbonyl (C=O) groups excluding carboxylic acids is 2. The number of para-hydroxylation sites is 1. The molecule has 8 heteroatoms. The first kappa shape index (κ1) is 30.0. The van der Waals surface area contributed by atoms with Crippen molar-refractivity contribution in [3.05, 3.63) is 59.7 Å². The second-order valence-corrected chi connectivity index (χ2v) is 9.68. The van der Waals surface area contributed by atoms with Gasteiger partial charge in [0.25, 0.3) is 5.91 Å². The summed E-state index contributed by atoms with van der Waals surface area (Å²) >= 11 is 0. The first-order valence-electron chi connectivity index (χ1n) is 13.8. The van der Waals surface area contributed by atoms with Crippen molar-refractivity contribution < 1.29 is 23.8 Å². The maximum atomic E-state index is 13.1. The highest BCUT2D eigenvalue weighted by Gasteiger charge is 2.24. The predicted octanol–water partition coefficient (Wildman–Crippen LogP) is 4.59. The van der Waals surface area contributed by atoms with Crippen molar-refractivity contribution in [3.63, 3.8) is 0 Å². The van der Waals surface area contributed by atoms with Crippen LogP contribution in [0.3, 0.4) is 0 Å². The molecule has 0 aromatic heterocycles. The van der Waals surface area contributed by atoms with E-state index in [0.717, 1.165) is 50.2 Å². The Morgan fingerprint density at radius 3 is 2.26 bits per heavy atom. The molecule has 2 aromatic carbocycles. The molecule has 0 radical (unpaired) electrons. The van der Waals surface area contributed by atoms with Crippen LogP contribution in [0.25, 0.3) is 6.08 Å². The van der Waals surface area contributed by atoms with Gasteiger partial charge in [-0.3, -0.25) is 14.5 Å². The third-order valence-electron chi connectivity index (χ3n) is 7.05. The number of amides is 2. The molecule has 2 amide bonds. The van der Waals surface area contributed by atoms with Gasteiger partial charge in [-0.05, 0) is 24.6 Å². The minimum atomic E-state index is -0.0268. The van der Waals surface area contributed by atoms with Gasteiger partial charge in [-0.2, -0.15) is 0 Å². The number of unbranched alkanes of at least 4 members (excludes halogenated alkanes) is 2. The van der Waals surface area contributed by atoms with E-state index < -0.39 is 0 Å². The van der Waals surface area contributed by atoms with Crippen molar-refractivity contribution in [2.75, 3.05) is 67.1 Å². The van der Waals surface area contributed by atoms with E-state index in [1.54, 1.807) is 39.5 Å². The van der Waals surface area contributed by atoms with Gasteiger partial charge in [0.2, 0.25) is 5.91 Å². The number of hydrogen-bond donors (Lipinski definition) is 0. The van der Waals surface area contributed by atoms with Crippen molar-refractivity contribution in [3.8, 4) is 17.2 Å². The van der Waals surface area contributed by atoms with Crippen LogP contribution < -0.4 is 14.2 Å². The summed E-state index contributed by atoms with van der Waals surface area (Å²) < 4.78 is 16.1. The van der Waals surface area contributed by atoms with Crippen LogP contribution in [0.5, 0.6) is 17.2 Å². The minimum absolute atomic E-state index is 0.0268. The Labute approximate surface area is 233 Å². The Bertz CT molecular complexity index is 1070. The SMILES string of the molecule is CCCCCC(=O)N(C/C=C/c1ccccc1OC)CCN1CCN(C(=O)c2cc(OC)cc(OC)c2)CC1. The fraction of sp³-hybridized carbons (Fsp3) is 0.484. The van der Waals surface area contributed by atoms with Crippen LogP contribution in [-0.4, -0.2) is 93.7 Å². The smallest absolute Gasteiger partial charge is 0.254 e. The van der Waals surface area contributed by atoms with E-state index in [0.29, 0.717) is 49.7 Å². The van der Waals surface area contributed by atoms with Crippen LogP contribution in [0.4, 0.5) is 0 Å². The molecule has 1 aliphatic rings. The lowest BCUT2D eigenvalue weighted by Gasteiger charge is -2.36. The van der Waals surface area contributed by atoms with Gasteiger partial charge in [-0.25, -0.2) is 0 Å². The molecular formula is C31H43N3O5. The molecule has 1 aliphatic heterocycles. The highest BCUT2D eigenvalue weighted by molar-refractivity contribution is 5.95. The molecule has 39 heavy (non-hydrogen) atoms. The van der Waals surface area contributed by atoms with Crippen LogP contribution in [0.15, 0.2) is 48.5 Å². The Hall–Kier alpha value is -3.52. The van der Waals surface area contributed by atoms with Crippen molar-refractivity contribution in [1.29, 1.82) is 0 Å². The maximum Gasteiger partial charge on any atom is 0.254 e. The summed E-state index contributed by atoms with van der Waals surface area (Å²) in [7, 11) is 4.82. The van der Waals surface area contributed by atoms with Crippen LogP contribution in [0.2, 0.25) is 0 Å². The third-order valence-corrected chi connectivity index (χ3v) is 7.05. The first-order valence-corrected chi connectivity index (χ1v) is 13.8. The average molecular weight is 538 g/mol. The molecule has 3 rings (SSSR count). The van der Waals surface area contributed by atoms with Crippen LogP contribution >= 0.6 is 0 Å². The monoisotopic (exact) mass is 537 g/mol. The zero-order chi connectivity index (χ0) is 28.0. The van der Waals surface area contributed by atoms with Crippen molar-refractivity contribution >= 4 is 17.9 Å². The zero-order valence-electron chi connectivity index (χ0n) is 23.9. The molecule has 0 aliphatic carbocycles. The van der Waals surface area contributed by atoms with Crippen LogP contribution in [0, 0.1) is 0 Å². The summed E-state index contributed by atoms with van der Waals surface area (Å²) in [5.74, 6) is 2.17. The predicted molar refractivity (Wildman–Crippen MR) is 155 cm³/mol. The summed E-state index contributed by atoms with van der Waals surface area (Å²) in [6.07, 6.45) is 7.69. The Morgan fingerprint density at radius 2 is 1.62 bits per heavy atom. The van der Waals surface area contributed by atoms with Gasteiger partial charge in [-0.15, -0.1) is 0 Å². The molecule has 0 atom stereocenters. The molecule has 0 spiro atoms. The van der Waals surface area contributed by atoms with Gasteiger partial charge in [0, 0.05) is 69.4 Å². The summed E-state index contributed by atoms with van der Waals surface area (Å²) in [6, 6.07) is 13.1. The Balaban J connectivity index is 1.56. The number of ether oxygens (including phenoxy) is 3. The fourth-order valence-corrected chi connectivity index (χ4v) is 4.66. The Kier molecular flexibility index (Phi) is 12.2. The first-order chi connectivity index (χ1) is 19.0. The second-order valence-electron chi connectivity index (χ2n) is 9.68. The lowest BCUT2D eigenvalue weighted by atomic mass is 10.1. The molecule has 212 valence electrons. The Morgan fingerprint density at radius 1 is 0.923 bits per heavy atom.